The first-order valence-corrected chi connectivity index (χ1v) is 5.63. The quantitative estimate of drug-likeness (QED) is 0.668. The van der Waals surface area contributed by atoms with E-state index in [4.69, 9.17) is 22.2 Å². The van der Waals surface area contributed by atoms with E-state index < -0.39 is 0 Å². The van der Waals surface area contributed by atoms with Crippen LogP contribution in [-0.4, -0.2) is 15.0 Å². The molecule has 0 aliphatic carbocycles. The summed E-state index contributed by atoms with van der Waals surface area (Å²) in [5.74, 6) is 6.49. The average Bonchev–Trinajstić information content (AvgIpc) is 2.32. The van der Waals surface area contributed by atoms with Crippen LogP contribution < -0.4 is 16.0 Å². The fraction of sp³-hybridized carbons (Fsp3) is 0. The molecule has 0 atom stereocenters. The second kappa shape index (κ2) is 5.26. The van der Waals surface area contributed by atoms with Crippen LogP contribution in [0.15, 0.2) is 29.3 Å². The fourth-order valence-electron chi connectivity index (χ4n) is 1.09. The molecule has 8 heteroatoms. The van der Waals surface area contributed by atoms with Gasteiger partial charge in [0.05, 0.1) is 11.2 Å². The summed E-state index contributed by atoms with van der Waals surface area (Å²) in [6, 6.07) is 1.62. The van der Waals surface area contributed by atoms with E-state index in [-0.39, 0.29) is 0 Å². The maximum absolute atomic E-state index is 5.79. The minimum atomic E-state index is 0.317. The van der Waals surface area contributed by atoms with E-state index in [0.29, 0.717) is 26.9 Å². The number of rotatable bonds is 3. The molecular formula is C9H7BrClN5O. The lowest BCUT2D eigenvalue weighted by Gasteiger charge is -2.08. The standard InChI is InChI=1S/C9H7BrClN5O/c10-7-8(16-12)14-4-15-9(7)17-6-1-5(11)2-13-3-6/h1-4H,12H2,(H,14,15,16). The number of hydrogen-bond donors (Lipinski definition) is 2. The van der Waals surface area contributed by atoms with Crippen molar-refractivity contribution in [3.63, 3.8) is 0 Å². The van der Waals surface area contributed by atoms with Gasteiger partial charge in [-0.25, -0.2) is 15.8 Å². The molecule has 0 bridgehead atoms. The molecule has 0 saturated heterocycles. The Morgan fingerprint density at radius 3 is 2.88 bits per heavy atom. The smallest absolute Gasteiger partial charge is 0.239 e. The van der Waals surface area contributed by atoms with Gasteiger partial charge in [-0.05, 0) is 15.9 Å². The van der Waals surface area contributed by atoms with Gasteiger partial charge in [0.1, 0.15) is 16.5 Å². The summed E-state index contributed by atoms with van der Waals surface area (Å²) in [6.45, 7) is 0. The number of halogens is 2. The molecule has 2 aromatic rings. The predicted octanol–water partition coefficient (Wildman–Crippen LogP) is 2.37. The monoisotopic (exact) mass is 315 g/mol. The van der Waals surface area contributed by atoms with Gasteiger partial charge in [0.25, 0.3) is 0 Å². The molecule has 88 valence electrons. The molecular weight excluding hydrogens is 309 g/mol. The van der Waals surface area contributed by atoms with E-state index in [1.165, 1.54) is 18.7 Å². The molecule has 0 aliphatic heterocycles. The van der Waals surface area contributed by atoms with E-state index in [0.717, 1.165) is 0 Å². The first-order valence-electron chi connectivity index (χ1n) is 4.46. The van der Waals surface area contributed by atoms with Crippen LogP contribution >= 0.6 is 27.5 Å². The third kappa shape index (κ3) is 2.82. The van der Waals surface area contributed by atoms with Crippen LogP contribution in [0.1, 0.15) is 0 Å². The summed E-state index contributed by atoms with van der Waals surface area (Å²) in [7, 11) is 0. The third-order valence-electron chi connectivity index (χ3n) is 1.79. The molecule has 3 N–H and O–H groups in total. The second-order valence-corrected chi connectivity index (χ2v) is 4.16. The molecule has 2 heterocycles. The van der Waals surface area contributed by atoms with Gasteiger partial charge in [0.2, 0.25) is 5.88 Å². The Labute approximate surface area is 110 Å². The van der Waals surface area contributed by atoms with Crippen molar-refractivity contribution in [2.45, 2.75) is 0 Å². The Kier molecular flexibility index (Phi) is 3.72. The highest BCUT2D eigenvalue weighted by Crippen LogP contribution is 2.31. The number of nitrogen functional groups attached to an aromatic ring is 1. The van der Waals surface area contributed by atoms with Gasteiger partial charge in [0, 0.05) is 12.3 Å². The number of pyridine rings is 1. The summed E-state index contributed by atoms with van der Waals surface area (Å²) < 4.78 is 6.01. The Morgan fingerprint density at radius 1 is 1.35 bits per heavy atom. The van der Waals surface area contributed by atoms with Gasteiger partial charge in [-0.3, -0.25) is 4.98 Å². The van der Waals surface area contributed by atoms with E-state index in [2.05, 4.69) is 36.3 Å². The summed E-state index contributed by atoms with van der Waals surface area (Å²) in [5.41, 5.74) is 2.41. The molecule has 0 spiro atoms. The minimum absolute atomic E-state index is 0.317. The molecule has 0 aromatic carbocycles. The summed E-state index contributed by atoms with van der Waals surface area (Å²) >= 11 is 9.06. The van der Waals surface area contributed by atoms with Crippen molar-refractivity contribution in [3.8, 4) is 11.6 Å². The maximum Gasteiger partial charge on any atom is 0.239 e. The first kappa shape index (κ1) is 12.0. The topological polar surface area (TPSA) is 86.0 Å². The number of ether oxygens (including phenoxy) is 1. The van der Waals surface area contributed by atoms with Crippen LogP contribution in [0.5, 0.6) is 11.6 Å². The second-order valence-electron chi connectivity index (χ2n) is 2.93. The molecule has 6 nitrogen and oxygen atoms in total. The van der Waals surface area contributed by atoms with Crippen molar-refractivity contribution in [3.05, 3.63) is 34.3 Å². The van der Waals surface area contributed by atoms with E-state index in [1.54, 1.807) is 6.07 Å². The zero-order valence-electron chi connectivity index (χ0n) is 8.39. The van der Waals surface area contributed by atoms with Crippen LogP contribution in [-0.2, 0) is 0 Å². The largest absolute Gasteiger partial charge is 0.436 e. The van der Waals surface area contributed by atoms with E-state index >= 15 is 0 Å². The zero-order chi connectivity index (χ0) is 12.3. The number of nitrogens with two attached hydrogens (primary N) is 1. The summed E-state index contributed by atoms with van der Waals surface area (Å²) in [4.78, 5) is 11.8. The van der Waals surface area contributed by atoms with Crippen LogP contribution in [0.4, 0.5) is 5.82 Å². The molecule has 0 radical (unpaired) electrons. The lowest BCUT2D eigenvalue weighted by Crippen LogP contribution is -2.09. The van der Waals surface area contributed by atoms with Crippen molar-refractivity contribution in [1.29, 1.82) is 0 Å². The van der Waals surface area contributed by atoms with Gasteiger partial charge in [-0.15, -0.1) is 0 Å². The number of aromatic nitrogens is 3. The molecule has 0 fully saturated rings. The van der Waals surface area contributed by atoms with Crippen molar-refractivity contribution in [2.24, 2.45) is 5.84 Å². The molecule has 0 saturated carbocycles. The lowest BCUT2D eigenvalue weighted by atomic mass is 10.4. The summed E-state index contributed by atoms with van der Waals surface area (Å²) in [5, 5.41) is 0.477. The summed E-state index contributed by atoms with van der Waals surface area (Å²) in [6.07, 6.45) is 4.36. The predicted molar refractivity (Wildman–Crippen MR) is 66.9 cm³/mol. The van der Waals surface area contributed by atoms with Crippen molar-refractivity contribution < 1.29 is 4.74 Å². The average molecular weight is 317 g/mol. The Hall–Kier alpha value is -1.44. The Morgan fingerprint density at radius 2 is 2.18 bits per heavy atom. The lowest BCUT2D eigenvalue weighted by molar-refractivity contribution is 0.456. The Balaban J connectivity index is 2.30. The van der Waals surface area contributed by atoms with Crippen molar-refractivity contribution in [2.75, 3.05) is 5.43 Å². The van der Waals surface area contributed by atoms with E-state index in [9.17, 15) is 0 Å². The van der Waals surface area contributed by atoms with Crippen molar-refractivity contribution in [1.82, 2.24) is 15.0 Å². The van der Waals surface area contributed by atoms with Crippen molar-refractivity contribution >= 4 is 33.3 Å². The molecule has 2 rings (SSSR count). The molecule has 17 heavy (non-hydrogen) atoms. The highest BCUT2D eigenvalue weighted by Gasteiger charge is 2.10. The minimum Gasteiger partial charge on any atom is -0.436 e. The number of anilines is 1. The zero-order valence-corrected chi connectivity index (χ0v) is 10.7. The fourth-order valence-corrected chi connectivity index (χ4v) is 1.65. The van der Waals surface area contributed by atoms with Gasteiger partial charge in [-0.1, -0.05) is 11.6 Å². The maximum atomic E-state index is 5.79. The van der Waals surface area contributed by atoms with E-state index in [1.807, 2.05) is 0 Å². The Bertz CT molecular complexity index is 539. The van der Waals surface area contributed by atoms with Crippen LogP contribution in [0.3, 0.4) is 0 Å². The van der Waals surface area contributed by atoms with Crippen LogP contribution in [0.25, 0.3) is 0 Å². The molecule has 2 aromatic heterocycles. The number of hydrazine groups is 1. The van der Waals surface area contributed by atoms with Gasteiger partial charge < -0.3 is 10.2 Å². The molecule has 0 aliphatic rings. The normalized spacial score (nSPS) is 10.1. The third-order valence-corrected chi connectivity index (χ3v) is 2.71. The SMILES string of the molecule is NNc1ncnc(Oc2cncc(Cl)c2)c1Br. The molecule has 0 amide bonds. The number of nitrogens with one attached hydrogen (secondary N) is 1. The highest BCUT2D eigenvalue weighted by molar-refractivity contribution is 9.10. The first-order chi connectivity index (χ1) is 8.20. The van der Waals surface area contributed by atoms with Gasteiger partial charge in [0.15, 0.2) is 5.82 Å². The highest BCUT2D eigenvalue weighted by atomic mass is 79.9. The number of nitrogens with zero attached hydrogens (tertiary/aromatic N) is 3. The number of hydrogen-bond acceptors (Lipinski definition) is 6. The molecule has 0 unspecified atom stereocenters. The van der Waals surface area contributed by atoms with Gasteiger partial charge in [-0.2, -0.15) is 0 Å². The van der Waals surface area contributed by atoms with Gasteiger partial charge >= 0.3 is 0 Å². The van der Waals surface area contributed by atoms with Crippen LogP contribution in [0.2, 0.25) is 5.02 Å². The van der Waals surface area contributed by atoms with Crippen LogP contribution in [0, 0.1) is 0 Å².